The highest BCUT2D eigenvalue weighted by Crippen LogP contribution is 2.22. The molecule has 0 unspecified atom stereocenters. The molecule has 1 aliphatic rings. The average Bonchev–Trinajstić information content (AvgIpc) is 2.62. The average molecular weight is 311 g/mol. The monoisotopic (exact) mass is 311 g/mol. The van der Waals surface area contributed by atoms with Crippen LogP contribution in [0.25, 0.3) is 0 Å². The van der Waals surface area contributed by atoms with Crippen molar-refractivity contribution in [2.75, 3.05) is 29.9 Å². The normalized spacial score (nSPS) is 15.2. The zero-order valence-electron chi connectivity index (χ0n) is 13.0. The van der Waals surface area contributed by atoms with Gasteiger partial charge < -0.3 is 10.2 Å². The predicted octanol–water partition coefficient (Wildman–Crippen LogP) is 2.51. The lowest BCUT2D eigenvalue weighted by Gasteiger charge is -2.33. The number of anilines is 2. The van der Waals surface area contributed by atoms with Crippen LogP contribution in [0.4, 0.5) is 16.3 Å². The zero-order valence-corrected chi connectivity index (χ0v) is 13.0. The molecule has 2 aromatic rings. The first-order chi connectivity index (χ1) is 11.3. The van der Waals surface area contributed by atoms with Crippen molar-refractivity contribution in [1.29, 1.82) is 0 Å². The fourth-order valence-corrected chi connectivity index (χ4v) is 2.78. The third kappa shape index (κ3) is 4.42. The molecule has 6 nitrogen and oxygen atoms in total. The Bertz CT molecular complexity index is 611. The Kier molecular flexibility index (Phi) is 5.03. The Morgan fingerprint density at radius 2 is 1.91 bits per heavy atom. The number of carbonyl (C=O) groups excluding carboxylic acids is 1. The van der Waals surface area contributed by atoms with Crippen LogP contribution in [-0.4, -0.2) is 35.6 Å². The maximum absolute atomic E-state index is 11.9. The van der Waals surface area contributed by atoms with Gasteiger partial charge in [0.2, 0.25) is 0 Å². The van der Waals surface area contributed by atoms with Crippen molar-refractivity contribution in [3.8, 4) is 0 Å². The standard InChI is InChI=1S/C17H21N5O/c23-17(21-16-3-1-2-8-19-16)20-13-14-6-11-22(12-7-14)15-4-9-18-10-5-15/h1-5,8-10,14H,6-7,11-13H2,(H2,19,20,21,23). The summed E-state index contributed by atoms with van der Waals surface area (Å²) in [5.41, 5.74) is 1.22. The van der Waals surface area contributed by atoms with Crippen molar-refractivity contribution >= 4 is 17.5 Å². The van der Waals surface area contributed by atoms with Crippen molar-refractivity contribution in [2.24, 2.45) is 5.92 Å². The highest BCUT2D eigenvalue weighted by Gasteiger charge is 2.19. The summed E-state index contributed by atoms with van der Waals surface area (Å²) in [4.78, 5) is 22.4. The van der Waals surface area contributed by atoms with Gasteiger partial charge in [0.1, 0.15) is 5.82 Å². The lowest BCUT2D eigenvalue weighted by atomic mass is 9.96. The lowest BCUT2D eigenvalue weighted by molar-refractivity contribution is 0.248. The number of pyridine rings is 2. The van der Waals surface area contributed by atoms with E-state index in [1.54, 1.807) is 12.3 Å². The topological polar surface area (TPSA) is 70.2 Å². The molecule has 1 aliphatic heterocycles. The molecule has 0 bridgehead atoms. The van der Waals surface area contributed by atoms with Crippen LogP contribution in [0.5, 0.6) is 0 Å². The van der Waals surface area contributed by atoms with Gasteiger partial charge >= 0.3 is 6.03 Å². The number of piperidine rings is 1. The quantitative estimate of drug-likeness (QED) is 0.910. The first-order valence-corrected chi connectivity index (χ1v) is 7.92. The number of hydrogen-bond donors (Lipinski definition) is 2. The van der Waals surface area contributed by atoms with Crippen molar-refractivity contribution in [2.45, 2.75) is 12.8 Å². The number of nitrogens with one attached hydrogen (secondary N) is 2. The van der Waals surface area contributed by atoms with E-state index in [0.29, 0.717) is 18.3 Å². The van der Waals surface area contributed by atoms with Gasteiger partial charge in [0, 0.05) is 43.9 Å². The molecule has 2 amide bonds. The third-order valence-corrected chi connectivity index (χ3v) is 4.10. The summed E-state index contributed by atoms with van der Waals surface area (Å²) in [6.45, 7) is 2.72. The van der Waals surface area contributed by atoms with E-state index in [-0.39, 0.29) is 6.03 Å². The van der Waals surface area contributed by atoms with Crippen LogP contribution in [0.1, 0.15) is 12.8 Å². The summed E-state index contributed by atoms with van der Waals surface area (Å²) in [7, 11) is 0. The van der Waals surface area contributed by atoms with Gasteiger partial charge in [0.25, 0.3) is 0 Å². The van der Waals surface area contributed by atoms with Gasteiger partial charge in [0.15, 0.2) is 0 Å². The zero-order chi connectivity index (χ0) is 15.9. The van der Waals surface area contributed by atoms with Crippen LogP contribution >= 0.6 is 0 Å². The van der Waals surface area contributed by atoms with E-state index in [1.807, 2.05) is 36.7 Å². The van der Waals surface area contributed by atoms with Gasteiger partial charge in [-0.05, 0) is 43.0 Å². The van der Waals surface area contributed by atoms with E-state index in [4.69, 9.17) is 0 Å². The molecule has 0 aromatic carbocycles. The Morgan fingerprint density at radius 3 is 2.61 bits per heavy atom. The van der Waals surface area contributed by atoms with E-state index < -0.39 is 0 Å². The number of rotatable bonds is 4. The Balaban J connectivity index is 1.40. The molecule has 2 N–H and O–H groups in total. The van der Waals surface area contributed by atoms with Gasteiger partial charge in [-0.25, -0.2) is 9.78 Å². The number of nitrogens with zero attached hydrogens (tertiary/aromatic N) is 3. The number of amides is 2. The van der Waals surface area contributed by atoms with Crippen LogP contribution in [0, 0.1) is 5.92 Å². The van der Waals surface area contributed by atoms with Gasteiger partial charge in [-0.2, -0.15) is 0 Å². The Labute approximate surface area is 135 Å². The van der Waals surface area contributed by atoms with E-state index in [0.717, 1.165) is 25.9 Å². The summed E-state index contributed by atoms with van der Waals surface area (Å²) in [6.07, 6.45) is 7.46. The minimum absolute atomic E-state index is 0.194. The molecule has 0 saturated carbocycles. The molecule has 1 fully saturated rings. The summed E-state index contributed by atoms with van der Waals surface area (Å²) in [5.74, 6) is 1.08. The molecule has 0 aliphatic carbocycles. The summed E-state index contributed by atoms with van der Waals surface area (Å²) >= 11 is 0. The molecule has 120 valence electrons. The highest BCUT2D eigenvalue weighted by atomic mass is 16.2. The number of urea groups is 1. The van der Waals surface area contributed by atoms with Gasteiger partial charge in [-0.1, -0.05) is 6.07 Å². The third-order valence-electron chi connectivity index (χ3n) is 4.10. The molecule has 2 aromatic heterocycles. The summed E-state index contributed by atoms with van der Waals surface area (Å²) < 4.78 is 0. The second-order valence-electron chi connectivity index (χ2n) is 5.69. The van der Waals surface area contributed by atoms with Gasteiger partial charge in [-0.3, -0.25) is 10.3 Å². The van der Waals surface area contributed by atoms with Crippen LogP contribution in [0.15, 0.2) is 48.9 Å². The van der Waals surface area contributed by atoms with Crippen molar-refractivity contribution < 1.29 is 4.79 Å². The number of aromatic nitrogens is 2. The van der Waals surface area contributed by atoms with Crippen LogP contribution < -0.4 is 15.5 Å². The molecule has 0 radical (unpaired) electrons. The molecule has 0 spiro atoms. The SMILES string of the molecule is O=C(NCC1CCN(c2ccncc2)CC1)Nc1ccccn1. The van der Waals surface area contributed by atoms with E-state index in [2.05, 4.69) is 25.5 Å². The maximum atomic E-state index is 11.9. The molecule has 1 saturated heterocycles. The lowest BCUT2D eigenvalue weighted by Crippen LogP contribution is -2.39. The predicted molar refractivity (Wildman–Crippen MR) is 90.4 cm³/mol. The fourth-order valence-electron chi connectivity index (χ4n) is 2.78. The van der Waals surface area contributed by atoms with Crippen molar-refractivity contribution in [1.82, 2.24) is 15.3 Å². The smallest absolute Gasteiger partial charge is 0.320 e. The summed E-state index contributed by atoms with van der Waals surface area (Å²) in [6, 6.07) is 9.32. The Morgan fingerprint density at radius 1 is 1.13 bits per heavy atom. The number of hydrogen-bond acceptors (Lipinski definition) is 4. The molecule has 3 rings (SSSR count). The van der Waals surface area contributed by atoms with E-state index >= 15 is 0 Å². The van der Waals surface area contributed by atoms with Crippen molar-refractivity contribution in [3.63, 3.8) is 0 Å². The summed E-state index contributed by atoms with van der Waals surface area (Å²) in [5, 5.41) is 5.67. The molecule has 6 heteroatoms. The van der Waals surface area contributed by atoms with Crippen LogP contribution in [0.2, 0.25) is 0 Å². The van der Waals surface area contributed by atoms with Gasteiger partial charge in [0.05, 0.1) is 0 Å². The van der Waals surface area contributed by atoms with Crippen LogP contribution in [0.3, 0.4) is 0 Å². The minimum atomic E-state index is -0.194. The first-order valence-electron chi connectivity index (χ1n) is 7.92. The largest absolute Gasteiger partial charge is 0.371 e. The first kappa shape index (κ1) is 15.3. The molecular weight excluding hydrogens is 290 g/mol. The van der Waals surface area contributed by atoms with E-state index in [9.17, 15) is 4.79 Å². The van der Waals surface area contributed by atoms with Crippen molar-refractivity contribution in [3.05, 3.63) is 48.9 Å². The number of carbonyl (C=O) groups is 1. The second kappa shape index (κ2) is 7.58. The van der Waals surface area contributed by atoms with E-state index in [1.165, 1.54) is 5.69 Å². The second-order valence-corrected chi connectivity index (χ2v) is 5.69. The highest BCUT2D eigenvalue weighted by molar-refractivity contribution is 5.88. The fraction of sp³-hybridized carbons (Fsp3) is 0.353. The van der Waals surface area contributed by atoms with Gasteiger partial charge in [-0.15, -0.1) is 0 Å². The molecule has 3 heterocycles. The maximum Gasteiger partial charge on any atom is 0.320 e. The molecular formula is C17H21N5O. The van der Waals surface area contributed by atoms with Crippen LogP contribution in [-0.2, 0) is 0 Å². The molecule has 23 heavy (non-hydrogen) atoms. The minimum Gasteiger partial charge on any atom is -0.371 e. The molecule has 0 atom stereocenters. The Hall–Kier alpha value is -2.63.